The van der Waals surface area contributed by atoms with Crippen molar-refractivity contribution in [1.82, 2.24) is 20.5 Å². The van der Waals surface area contributed by atoms with Crippen molar-refractivity contribution in [1.29, 1.82) is 0 Å². The number of pyridine rings is 1. The minimum absolute atomic E-state index is 0. The van der Waals surface area contributed by atoms with E-state index in [0.29, 0.717) is 24.5 Å². The molecule has 29 heavy (non-hydrogen) atoms. The Bertz CT molecular complexity index is 811. The molecule has 8 heteroatoms. The van der Waals surface area contributed by atoms with E-state index in [2.05, 4.69) is 20.6 Å². The molecule has 0 bridgehead atoms. The average molecular weight is 511 g/mol. The number of benzene rings is 1. The number of hydrogen-bond donors (Lipinski definition) is 2. The predicted octanol–water partition coefficient (Wildman–Crippen LogP) is 2.71. The smallest absolute Gasteiger partial charge is 0.253 e. The molecule has 0 aliphatic rings. The fraction of sp³-hybridized carbons (Fsp3) is 0.381. The number of hydrogen-bond acceptors (Lipinski definition) is 4. The Morgan fingerprint density at radius 2 is 2.00 bits per heavy atom. The summed E-state index contributed by atoms with van der Waals surface area (Å²) in [6, 6.07) is 11.5. The Balaban J connectivity index is 0.00000420. The molecule has 0 spiro atoms. The van der Waals surface area contributed by atoms with Crippen LogP contribution in [-0.4, -0.2) is 56.0 Å². The van der Waals surface area contributed by atoms with Crippen LogP contribution in [0, 0.1) is 0 Å². The van der Waals surface area contributed by atoms with Gasteiger partial charge in [-0.1, -0.05) is 18.2 Å². The van der Waals surface area contributed by atoms with Gasteiger partial charge in [0.25, 0.3) is 5.91 Å². The monoisotopic (exact) mass is 511 g/mol. The number of carbonyl (C=O) groups excluding carboxylic acids is 1. The number of nitrogens with one attached hydrogen (secondary N) is 2. The van der Waals surface area contributed by atoms with Crippen LogP contribution >= 0.6 is 24.0 Å². The van der Waals surface area contributed by atoms with Crippen LogP contribution in [0.5, 0.6) is 5.88 Å². The minimum Gasteiger partial charge on any atom is -0.481 e. The first kappa shape index (κ1) is 24.7. The van der Waals surface area contributed by atoms with Gasteiger partial charge in [0.15, 0.2) is 5.96 Å². The molecule has 0 fully saturated rings. The van der Waals surface area contributed by atoms with Gasteiger partial charge in [0.1, 0.15) is 0 Å². The van der Waals surface area contributed by atoms with Crippen LogP contribution in [0.25, 0.3) is 0 Å². The first-order valence-corrected chi connectivity index (χ1v) is 9.35. The van der Waals surface area contributed by atoms with Crippen molar-refractivity contribution in [3.8, 4) is 5.88 Å². The Labute approximate surface area is 190 Å². The molecule has 2 rings (SSSR count). The quantitative estimate of drug-likeness (QED) is 0.324. The zero-order valence-electron chi connectivity index (χ0n) is 17.4. The lowest BCUT2D eigenvalue weighted by molar-refractivity contribution is 0.0827. The van der Waals surface area contributed by atoms with Crippen molar-refractivity contribution in [2.75, 3.05) is 34.3 Å². The van der Waals surface area contributed by atoms with Crippen LogP contribution in [0.2, 0.25) is 0 Å². The van der Waals surface area contributed by atoms with Crippen molar-refractivity contribution < 1.29 is 9.53 Å². The highest BCUT2D eigenvalue weighted by Crippen LogP contribution is 2.14. The number of halogens is 1. The highest BCUT2D eigenvalue weighted by atomic mass is 127. The molecule has 0 radical (unpaired) electrons. The summed E-state index contributed by atoms with van der Waals surface area (Å²) in [6.45, 7) is 3.97. The molecule has 0 atom stereocenters. The summed E-state index contributed by atoms with van der Waals surface area (Å²) in [5.41, 5.74) is 2.73. The Morgan fingerprint density at radius 1 is 1.21 bits per heavy atom. The van der Waals surface area contributed by atoms with Gasteiger partial charge in [-0.2, -0.15) is 0 Å². The summed E-state index contributed by atoms with van der Waals surface area (Å²) < 4.78 is 5.27. The van der Waals surface area contributed by atoms with Crippen molar-refractivity contribution in [2.24, 2.45) is 4.99 Å². The summed E-state index contributed by atoms with van der Waals surface area (Å²) in [5, 5.41) is 6.57. The van der Waals surface area contributed by atoms with Crippen LogP contribution in [0.3, 0.4) is 0 Å². The van der Waals surface area contributed by atoms with E-state index in [-0.39, 0.29) is 29.9 Å². The number of rotatable bonds is 8. The number of ether oxygens (including phenoxy) is 1. The third kappa shape index (κ3) is 7.88. The highest BCUT2D eigenvalue weighted by molar-refractivity contribution is 14.0. The van der Waals surface area contributed by atoms with E-state index in [1.165, 1.54) is 0 Å². The van der Waals surface area contributed by atoms with Gasteiger partial charge in [0, 0.05) is 44.5 Å². The van der Waals surface area contributed by atoms with Gasteiger partial charge in [0.2, 0.25) is 5.88 Å². The van der Waals surface area contributed by atoms with Gasteiger partial charge in [-0.15, -0.1) is 24.0 Å². The third-order valence-electron chi connectivity index (χ3n) is 4.08. The normalized spacial score (nSPS) is 10.7. The first-order chi connectivity index (χ1) is 13.5. The van der Waals surface area contributed by atoms with Crippen molar-refractivity contribution in [2.45, 2.75) is 19.9 Å². The largest absolute Gasteiger partial charge is 0.481 e. The summed E-state index contributed by atoms with van der Waals surface area (Å²) in [4.78, 5) is 22.5. The molecule has 7 nitrogen and oxygen atoms in total. The summed E-state index contributed by atoms with van der Waals surface area (Å²) in [7, 11) is 5.12. The molecule has 158 valence electrons. The summed E-state index contributed by atoms with van der Waals surface area (Å²) in [6.07, 6.45) is 2.49. The summed E-state index contributed by atoms with van der Waals surface area (Å²) in [5.74, 6) is 1.33. The fourth-order valence-electron chi connectivity index (χ4n) is 2.68. The SMILES string of the molecule is CCNC(=NCc1cccnc1OC)NCCc1cccc(C(=O)N(C)C)c1.I. The molecular weight excluding hydrogens is 481 g/mol. The standard InChI is InChI=1S/C21H29N5O2.HI/c1-5-22-21(25-15-18-10-7-12-23-19(18)28-4)24-13-11-16-8-6-9-17(14-16)20(27)26(2)3;/h6-10,12,14H,5,11,13,15H2,1-4H3,(H2,22,24,25);1H. The number of nitrogens with zero attached hydrogens (tertiary/aromatic N) is 3. The maximum Gasteiger partial charge on any atom is 0.253 e. The van der Waals surface area contributed by atoms with Gasteiger partial charge >= 0.3 is 0 Å². The number of carbonyl (C=O) groups is 1. The van der Waals surface area contributed by atoms with Gasteiger partial charge < -0.3 is 20.3 Å². The maximum atomic E-state index is 12.1. The highest BCUT2D eigenvalue weighted by Gasteiger charge is 2.08. The lowest BCUT2D eigenvalue weighted by Crippen LogP contribution is -2.38. The topological polar surface area (TPSA) is 78.9 Å². The van der Waals surface area contributed by atoms with Crippen LogP contribution in [0.1, 0.15) is 28.4 Å². The number of aromatic nitrogens is 1. The number of methoxy groups -OCH3 is 1. The first-order valence-electron chi connectivity index (χ1n) is 9.35. The molecular formula is C21H30IN5O2. The minimum atomic E-state index is 0. The van der Waals surface area contributed by atoms with Crippen LogP contribution in [0.4, 0.5) is 0 Å². The Kier molecular flexibility index (Phi) is 11.0. The van der Waals surface area contributed by atoms with Crippen LogP contribution in [0.15, 0.2) is 47.6 Å². The lowest BCUT2D eigenvalue weighted by atomic mass is 10.1. The maximum absolute atomic E-state index is 12.1. The van der Waals surface area contributed by atoms with E-state index in [1.54, 1.807) is 32.3 Å². The van der Waals surface area contributed by atoms with Crippen LogP contribution < -0.4 is 15.4 Å². The Hall–Kier alpha value is -2.36. The molecule has 1 amide bonds. The summed E-state index contributed by atoms with van der Waals surface area (Å²) >= 11 is 0. The predicted molar refractivity (Wildman–Crippen MR) is 127 cm³/mol. The van der Waals surface area contributed by atoms with Crippen molar-refractivity contribution in [3.05, 3.63) is 59.3 Å². The van der Waals surface area contributed by atoms with E-state index in [0.717, 1.165) is 30.1 Å². The van der Waals surface area contributed by atoms with Gasteiger partial charge in [-0.05, 0) is 37.1 Å². The molecule has 0 aliphatic heterocycles. The van der Waals surface area contributed by atoms with E-state index in [1.807, 2.05) is 43.3 Å². The Morgan fingerprint density at radius 3 is 2.69 bits per heavy atom. The zero-order chi connectivity index (χ0) is 20.4. The molecule has 1 aromatic heterocycles. The zero-order valence-corrected chi connectivity index (χ0v) is 19.8. The second kappa shape index (κ2) is 13.0. The molecule has 2 N–H and O–H groups in total. The number of aliphatic imine (C=N–C) groups is 1. The molecule has 0 unspecified atom stereocenters. The molecule has 0 saturated carbocycles. The van der Waals surface area contributed by atoms with E-state index < -0.39 is 0 Å². The van der Waals surface area contributed by atoms with Gasteiger partial charge in [-0.3, -0.25) is 4.79 Å². The van der Waals surface area contributed by atoms with Crippen molar-refractivity contribution in [3.63, 3.8) is 0 Å². The number of amides is 1. The second-order valence-electron chi connectivity index (χ2n) is 6.44. The van der Waals surface area contributed by atoms with E-state index >= 15 is 0 Å². The van der Waals surface area contributed by atoms with Crippen LogP contribution in [-0.2, 0) is 13.0 Å². The molecule has 0 aliphatic carbocycles. The van der Waals surface area contributed by atoms with E-state index in [9.17, 15) is 4.79 Å². The average Bonchev–Trinajstić information content (AvgIpc) is 2.71. The van der Waals surface area contributed by atoms with Crippen molar-refractivity contribution >= 4 is 35.8 Å². The molecule has 1 aromatic carbocycles. The van der Waals surface area contributed by atoms with E-state index in [4.69, 9.17) is 4.74 Å². The molecule has 2 aromatic rings. The third-order valence-corrected chi connectivity index (χ3v) is 4.08. The fourth-order valence-corrected chi connectivity index (χ4v) is 2.68. The van der Waals surface area contributed by atoms with Gasteiger partial charge in [0.05, 0.1) is 13.7 Å². The lowest BCUT2D eigenvalue weighted by Gasteiger charge is -2.13. The number of guanidine groups is 1. The molecule has 1 heterocycles. The van der Waals surface area contributed by atoms with Gasteiger partial charge in [-0.25, -0.2) is 9.98 Å². The molecule has 0 saturated heterocycles. The second-order valence-corrected chi connectivity index (χ2v) is 6.44.